The molecule has 0 spiro atoms. The lowest BCUT2D eigenvalue weighted by Crippen LogP contribution is -2.49. The lowest BCUT2D eigenvalue weighted by atomic mass is 10.2. The van der Waals surface area contributed by atoms with Gasteiger partial charge in [0.05, 0.1) is 30.6 Å². The van der Waals surface area contributed by atoms with Crippen LogP contribution in [0, 0.1) is 6.92 Å². The zero-order chi connectivity index (χ0) is 15.6. The van der Waals surface area contributed by atoms with E-state index in [0.29, 0.717) is 10.0 Å². The summed E-state index contributed by atoms with van der Waals surface area (Å²) in [5, 5.41) is 8.93. The first kappa shape index (κ1) is 16.4. The molecule has 1 aromatic rings. The van der Waals surface area contributed by atoms with E-state index in [0.717, 1.165) is 0 Å². The number of aryl methyl sites for hydroxylation is 1. The average Bonchev–Trinajstić information content (AvgIpc) is 2.41. The summed E-state index contributed by atoms with van der Waals surface area (Å²) in [4.78, 5) is 11.1. The van der Waals surface area contributed by atoms with E-state index in [9.17, 15) is 13.2 Å². The summed E-state index contributed by atoms with van der Waals surface area (Å²) in [6.45, 7) is 2.24. The lowest BCUT2D eigenvalue weighted by molar-refractivity contribution is -0.139. The number of rotatable bonds is 4. The number of ether oxygens (including phenoxy) is 1. The molecular weight excluding hydrogens is 362 g/mol. The molecule has 21 heavy (non-hydrogen) atoms. The Kier molecular flexibility index (Phi) is 5.03. The van der Waals surface area contributed by atoms with E-state index in [2.05, 4.69) is 15.9 Å². The van der Waals surface area contributed by atoms with Gasteiger partial charge in [0.2, 0.25) is 10.0 Å². The molecule has 6 nitrogen and oxygen atoms in total. The molecule has 0 amide bonds. The van der Waals surface area contributed by atoms with Gasteiger partial charge in [0.15, 0.2) is 0 Å². The largest absolute Gasteiger partial charge is 0.481 e. The van der Waals surface area contributed by atoms with E-state index < -0.39 is 22.0 Å². The van der Waals surface area contributed by atoms with Crippen molar-refractivity contribution in [1.29, 1.82) is 0 Å². The first-order chi connectivity index (χ1) is 9.82. The van der Waals surface area contributed by atoms with E-state index in [4.69, 9.17) is 9.84 Å². The highest BCUT2D eigenvalue weighted by molar-refractivity contribution is 9.10. The van der Waals surface area contributed by atoms with Gasteiger partial charge < -0.3 is 9.84 Å². The van der Waals surface area contributed by atoms with Crippen LogP contribution < -0.4 is 0 Å². The number of benzene rings is 1. The molecule has 1 aliphatic rings. The first-order valence-corrected chi connectivity index (χ1v) is 8.63. The minimum Gasteiger partial charge on any atom is -0.481 e. The second kappa shape index (κ2) is 6.43. The second-order valence-electron chi connectivity index (χ2n) is 4.85. The molecule has 8 heteroatoms. The van der Waals surface area contributed by atoms with Crippen molar-refractivity contribution in [2.24, 2.45) is 0 Å². The molecule has 116 valence electrons. The summed E-state index contributed by atoms with van der Waals surface area (Å²) in [5.41, 5.74) is 0.624. The standard InChI is InChI=1S/C13H16BrNO5S/c1-9-2-3-10(14)6-12(9)21(18,19)15-4-5-20-8-11(15)7-13(16)17/h2-3,6,11H,4-5,7-8H2,1H3,(H,16,17). The average molecular weight is 378 g/mol. The van der Waals surface area contributed by atoms with E-state index in [1.165, 1.54) is 10.4 Å². The number of nitrogens with zero attached hydrogens (tertiary/aromatic N) is 1. The van der Waals surface area contributed by atoms with Crippen LogP contribution in [0.4, 0.5) is 0 Å². The van der Waals surface area contributed by atoms with Crippen LogP contribution >= 0.6 is 15.9 Å². The molecule has 1 unspecified atom stereocenters. The van der Waals surface area contributed by atoms with Gasteiger partial charge in [-0.25, -0.2) is 8.42 Å². The third kappa shape index (κ3) is 3.63. The first-order valence-electron chi connectivity index (χ1n) is 6.40. The Labute approximate surface area is 131 Å². The quantitative estimate of drug-likeness (QED) is 0.861. The van der Waals surface area contributed by atoms with Crippen molar-refractivity contribution in [3.05, 3.63) is 28.2 Å². The van der Waals surface area contributed by atoms with Crippen molar-refractivity contribution >= 4 is 31.9 Å². The van der Waals surface area contributed by atoms with E-state index in [1.807, 2.05) is 0 Å². The molecule has 1 fully saturated rings. The predicted molar refractivity (Wildman–Crippen MR) is 79.6 cm³/mol. The smallest absolute Gasteiger partial charge is 0.305 e. The minimum atomic E-state index is -3.75. The molecule has 1 aliphatic heterocycles. The zero-order valence-corrected chi connectivity index (χ0v) is 13.9. The highest BCUT2D eigenvalue weighted by atomic mass is 79.9. The number of carboxylic acids is 1. The molecular formula is C13H16BrNO5S. The fraction of sp³-hybridized carbons (Fsp3) is 0.462. The predicted octanol–water partition coefficient (Wildman–Crippen LogP) is 1.62. The minimum absolute atomic E-state index is 0.0958. The van der Waals surface area contributed by atoms with Crippen molar-refractivity contribution in [1.82, 2.24) is 4.31 Å². The Morgan fingerprint density at radius 1 is 1.52 bits per heavy atom. The van der Waals surface area contributed by atoms with Gasteiger partial charge in [-0.15, -0.1) is 0 Å². The van der Waals surface area contributed by atoms with Gasteiger partial charge in [0, 0.05) is 11.0 Å². The molecule has 1 saturated heterocycles. The molecule has 0 aromatic heterocycles. The monoisotopic (exact) mass is 377 g/mol. The molecule has 0 radical (unpaired) electrons. The molecule has 1 atom stereocenters. The summed E-state index contributed by atoms with van der Waals surface area (Å²) in [6, 6.07) is 4.34. The van der Waals surface area contributed by atoms with Crippen LogP contribution in [-0.2, 0) is 19.6 Å². The third-order valence-corrected chi connectivity index (χ3v) is 5.91. The van der Waals surface area contributed by atoms with Crippen LogP contribution in [0.2, 0.25) is 0 Å². The van der Waals surface area contributed by atoms with Gasteiger partial charge in [-0.3, -0.25) is 4.79 Å². The van der Waals surface area contributed by atoms with Crippen LogP contribution in [0.25, 0.3) is 0 Å². The zero-order valence-electron chi connectivity index (χ0n) is 11.5. The van der Waals surface area contributed by atoms with E-state index >= 15 is 0 Å². The number of hydrogen-bond donors (Lipinski definition) is 1. The maximum Gasteiger partial charge on any atom is 0.305 e. The van der Waals surface area contributed by atoms with Crippen molar-refractivity contribution in [2.45, 2.75) is 24.3 Å². The molecule has 0 aliphatic carbocycles. The molecule has 1 aromatic carbocycles. The summed E-state index contributed by atoms with van der Waals surface area (Å²) in [5.74, 6) is -1.04. The molecule has 1 heterocycles. The van der Waals surface area contributed by atoms with Crippen molar-refractivity contribution in [3.63, 3.8) is 0 Å². The number of halogens is 1. The maximum absolute atomic E-state index is 12.8. The van der Waals surface area contributed by atoms with Crippen LogP contribution in [0.3, 0.4) is 0 Å². The van der Waals surface area contributed by atoms with Crippen molar-refractivity contribution < 1.29 is 23.1 Å². The molecule has 2 rings (SSSR count). The van der Waals surface area contributed by atoms with Crippen LogP contribution in [0.15, 0.2) is 27.6 Å². The summed E-state index contributed by atoms with van der Waals surface area (Å²) in [7, 11) is -3.75. The second-order valence-corrected chi connectivity index (χ2v) is 7.63. The normalized spacial score (nSPS) is 20.4. The van der Waals surface area contributed by atoms with Gasteiger partial charge in [-0.2, -0.15) is 4.31 Å². The Morgan fingerprint density at radius 3 is 2.90 bits per heavy atom. The lowest BCUT2D eigenvalue weighted by Gasteiger charge is -2.34. The topological polar surface area (TPSA) is 83.9 Å². The number of carbonyl (C=O) groups is 1. The number of sulfonamides is 1. The Morgan fingerprint density at radius 2 is 2.24 bits per heavy atom. The van der Waals surface area contributed by atoms with Crippen LogP contribution in [-0.4, -0.2) is 49.6 Å². The highest BCUT2D eigenvalue weighted by Crippen LogP contribution is 2.27. The van der Waals surface area contributed by atoms with Crippen LogP contribution in [0.1, 0.15) is 12.0 Å². The molecule has 0 bridgehead atoms. The SMILES string of the molecule is Cc1ccc(Br)cc1S(=O)(=O)N1CCOCC1CC(=O)O. The van der Waals surface area contributed by atoms with Gasteiger partial charge in [0.1, 0.15) is 0 Å². The Balaban J connectivity index is 2.40. The summed E-state index contributed by atoms with van der Waals surface area (Å²) < 4.78 is 32.7. The summed E-state index contributed by atoms with van der Waals surface area (Å²) >= 11 is 3.27. The third-order valence-electron chi connectivity index (χ3n) is 3.32. The maximum atomic E-state index is 12.8. The number of morpholine rings is 1. The van der Waals surface area contributed by atoms with Gasteiger partial charge in [-0.05, 0) is 24.6 Å². The van der Waals surface area contributed by atoms with E-state index in [1.54, 1.807) is 19.1 Å². The molecule has 0 saturated carbocycles. The fourth-order valence-electron chi connectivity index (χ4n) is 2.30. The fourth-order valence-corrected chi connectivity index (χ4v) is 4.66. The number of aliphatic carboxylic acids is 1. The molecule has 1 N–H and O–H groups in total. The van der Waals surface area contributed by atoms with Gasteiger partial charge in [-0.1, -0.05) is 22.0 Å². The van der Waals surface area contributed by atoms with Gasteiger partial charge in [0.25, 0.3) is 0 Å². The van der Waals surface area contributed by atoms with Crippen molar-refractivity contribution in [3.8, 4) is 0 Å². The highest BCUT2D eigenvalue weighted by Gasteiger charge is 2.36. The Hall–Kier alpha value is -0.960. The number of hydrogen-bond acceptors (Lipinski definition) is 4. The Bertz CT molecular complexity index is 646. The van der Waals surface area contributed by atoms with Crippen molar-refractivity contribution in [2.75, 3.05) is 19.8 Å². The van der Waals surface area contributed by atoms with Gasteiger partial charge >= 0.3 is 5.97 Å². The van der Waals surface area contributed by atoms with Crippen LogP contribution in [0.5, 0.6) is 0 Å². The number of carboxylic acid groups (broad SMARTS) is 1. The summed E-state index contributed by atoms with van der Waals surface area (Å²) in [6.07, 6.45) is -0.272. The van der Waals surface area contributed by atoms with E-state index in [-0.39, 0.29) is 31.1 Å².